The molecule has 7 nitrogen and oxygen atoms in total. The van der Waals surface area contributed by atoms with Crippen molar-refractivity contribution < 1.29 is 14.3 Å². The molecule has 144 valence electrons. The Labute approximate surface area is 163 Å². The van der Waals surface area contributed by atoms with E-state index in [9.17, 15) is 4.79 Å². The van der Waals surface area contributed by atoms with Crippen LogP contribution in [-0.2, 0) is 13.1 Å². The van der Waals surface area contributed by atoms with E-state index in [1.165, 1.54) is 0 Å². The van der Waals surface area contributed by atoms with Crippen LogP contribution in [0.15, 0.2) is 48.5 Å². The van der Waals surface area contributed by atoms with Crippen molar-refractivity contribution in [2.24, 2.45) is 0 Å². The molecular weight excluding hydrogens is 356 g/mol. The summed E-state index contributed by atoms with van der Waals surface area (Å²) >= 11 is 0. The van der Waals surface area contributed by atoms with Gasteiger partial charge in [-0.2, -0.15) is 5.10 Å². The van der Waals surface area contributed by atoms with Gasteiger partial charge in [0.1, 0.15) is 0 Å². The van der Waals surface area contributed by atoms with Crippen molar-refractivity contribution in [2.75, 3.05) is 6.79 Å². The van der Waals surface area contributed by atoms with Gasteiger partial charge in [-0.3, -0.25) is 0 Å². The Bertz CT molecular complexity index is 998. The van der Waals surface area contributed by atoms with Gasteiger partial charge in [0.05, 0.1) is 11.4 Å². The number of benzene rings is 2. The third kappa shape index (κ3) is 3.64. The van der Waals surface area contributed by atoms with Crippen LogP contribution in [0.5, 0.6) is 11.5 Å². The molecule has 2 aromatic carbocycles. The largest absolute Gasteiger partial charge is 0.454 e. The molecule has 0 unspecified atom stereocenters. The van der Waals surface area contributed by atoms with Crippen LogP contribution in [0.4, 0.5) is 4.79 Å². The highest BCUT2D eigenvalue weighted by atomic mass is 16.7. The molecular formula is C21H22N4O3. The molecule has 0 atom stereocenters. The zero-order valence-corrected chi connectivity index (χ0v) is 15.9. The number of rotatable bonds is 5. The first-order valence-electron chi connectivity index (χ1n) is 9.12. The second-order valence-corrected chi connectivity index (χ2v) is 6.62. The molecule has 0 bridgehead atoms. The summed E-state index contributed by atoms with van der Waals surface area (Å²) in [6.45, 7) is 5.02. The molecule has 0 spiro atoms. The monoisotopic (exact) mass is 378 g/mol. The molecule has 2 amide bonds. The first-order valence-corrected chi connectivity index (χ1v) is 9.12. The van der Waals surface area contributed by atoms with E-state index < -0.39 is 0 Å². The fourth-order valence-electron chi connectivity index (χ4n) is 3.22. The number of hydrogen-bond donors (Lipinski definition) is 2. The van der Waals surface area contributed by atoms with Gasteiger partial charge in [-0.1, -0.05) is 24.3 Å². The zero-order valence-electron chi connectivity index (χ0n) is 15.9. The van der Waals surface area contributed by atoms with Crippen molar-refractivity contribution in [2.45, 2.75) is 26.9 Å². The Morgan fingerprint density at radius 1 is 1.04 bits per heavy atom. The minimum absolute atomic E-state index is 0.232. The van der Waals surface area contributed by atoms with Crippen molar-refractivity contribution in [3.63, 3.8) is 0 Å². The molecule has 2 N–H and O–H groups in total. The van der Waals surface area contributed by atoms with Gasteiger partial charge in [-0.25, -0.2) is 9.48 Å². The van der Waals surface area contributed by atoms with Gasteiger partial charge in [-0.15, -0.1) is 0 Å². The highest BCUT2D eigenvalue weighted by Crippen LogP contribution is 2.32. The van der Waals surface area contributed by atoms with Crippen LogP contribution >= 0.6 is 0 Å². The number of urea groups is 1. The molecule has 0 aliphatic carbocycles. The Morgan fingerprint density at radius 3 is 2.61 bits per heavy atom. The van der Waals surface area contributed by atoms with Gasteiger partial charge in [-0.05, 0) is 43.7 Å². The van der Waals surface area contributed by atoms with Crippen molar-refractivity contribution in [3.05, 3.63) is 71.0 Å². The molecule has 28 heavy (non-hydrogen) atoms. The van der Waals surface area contributed by atoms with Crippen LogP contribution in [0.1, 0.15) is 22.5 Å². The first kappa shape index (κ1) is 17.9. The second-order valence-electron chi connectivity index (χ2n) is 6.62. The number of carbonyl (C=O) groups excluding carboxylic acids is 1. The minimum atomic E-state index is -0.232. The van der Waals surface area contributed by atoms with Crippen LogP contribution in [-0.4, -0.2) is 22.6 Å². The Morgan fingerprint density at radius 2 is 1.79 bits per heavy atom. The molecule has 0 fully saturated rings. The van der Waals surface area contributed by atoms with E-state index >= 15 is 0 Å². The van der Waals surface area contributed by atoms with Crippen LogP contribution in [0.3, 0.4) is 0 Å². The molecule has 0 saturated carbocycles. The number of nitrogens with zero attached hydrogens (tertiary/aromatic N) is 2. The molecule has 3 aromatic rings. The summed E-state index contributed by atoms with van der Waals surface area (Å²) in [7, 11) is 0. The van der Waals surface area contributed by atoms with Crippen LogP contribution in [0.25, 0.3) is 5.69 Å². The number of ether oxygens (including phenoxy) is 2. The number of hydrogen-bond acceptors (Lipinski definition) is 4. The van der Waals surface area contributed by atoms with E-state index in [0.29, 0.717) is 18.8 Å². The van der Waals surface area contributed by atoms with Gasteiger partial charge < -0.3 is 20.1 Å². The van der Waals surface area contributed by atoms with Gasteiger partial charge in [0, 0.05) is 24.3 Å². The van der Waals surface area contributed by atoms with Crippen molar-refractivity contribution in [1.82, 2.24) is 20.4 Å². The summed E-state index contributed by atoms with van der Waals surface area (Å²) in [6.07, 6.45) is 0. The standard InChI is InChI=1S/C21H22N4O3/c1-14-18(15(2)25(24-14)17-6-4-3-5-7-17)12-23-21(26)22-11-16-8-9-19-20(10-16)28-13-27-19/h3-10H,11-13H2,1-2H3,(H2,22,23,26). The third-order valence-electron chi connectivity index (χ3n) is 4.76. The maximum absolute atomic E-state index is 12.2. The summed E-state index contributed by atoms with van der Waals surface area (Å²) in [5.74, 6) is 1.44. The van der Waals surface area contributed by atoms with E-state index in [1.54, 1.807) is 0 Å². The molecule has 1 aliphatic rings. The molecule has 4 rings (SSSR count). The Balaban J connectivity index is 1.35. The number of amides is 2. The average molecular weight is 378 g/mol. The lowest BCUT2D eigenvalue weighted by Crippen LogP contribution is -2.34. The van der Waals surface area contributed by atoms with Gasteiger partial charge in [0.15, 0.2) is 11.5 Å². The van der Waals surface area contributed by atoms with Gasteiger partial charge in [0.25, 0.3) is 0 Å². The SMILES string of the molecule is Cc1nn(-c2ccccc2)c(C)c1CNC(=O)NCc1ccc2c(c1)OCO2. The number of aryl methyl sites for hydroxylation is 1. The van der Waals surface area contributed by atoms with E-state index in [-0.39, 0.29) is 12.8 Å². The molecule has 7 heteroatoms. The number of nitrogens with one attached hydrogen (secondary N) is 2. The van der Waals surface area contributed by atoms with Crippen molar-refractivity contribution in [3.8, 4) is 17.2 Å². The number of para-hydroxylation sites is 1. The second kappa shape index (κ2) is 7.64. The lowest BCUT2D eigenvalue weighted by atomic mass is 10.2. The maximum atomic E-state index is 12.2. The van der Waals surface area contributed by atoms with Crippen LogP contribution in [0, 0.1) is 13.8 Å². The summed E-state index contributed by atoms with van der Waals surface area (Å²) < 4.78 is 12.5. The lowest BCUT2D eigenvalue weighted by Gasteiger charge is -2.09. The van der Waals surface area contributed by atoms with Crippen molar-refractivity contribution in [1.29, 1.82) is 0 Å². The molecule has 0 saturated heterocycles. The van der Waals surface area contributed by atoms with Crippen LogP contribution < -0.4 is 20.1 Å². The smallest absolute Gasteiger partial charge is 0.315 e. The predicted molar refractivity (Wildman–Crippen MR) is 105 cm³/mol. The number of aromatic nitrogens is 2. The third-order valence-corrected chi connectivity index (χ3v) is 4.76. The maximum Gasteiger partial charge on any atom is 0.315 e. The summed E-state index contributed by atoms with van der Waals surface area (Å²) in [6, 6.07) is 15.4. The van der Waals surface area contributed by atoms with Crippen LogP contribution in [0.2, 0.25) is 0 Å². The van der Waals surface area contributed by atoms with E-state index in [2.05, 4.69) is 15.7 Å². The fraction of sp³-hybridized carbons (Fsp3) is 0.238. The zero-order chi connectivity index (χ0) is 19.5. The molecule has 2 heterocycles. The molecule has 0 radical (unpaired) electrons. The van der Waals surface area contributed by atoms with Gasteiger partial charge in [0.2, 0.25) is 6.79 Å². The molecule has 1 aromatic heterocycles. The first-order chi connectivity index (χ1) is 13.6. The number of fused-ring (bicyclic) bond motifs is 1. The van der Waals surface area contributed by atoms with Crippen molar-refractivity contribution >= 4 is 6.03 Å². The summed E-state index contributed by atoms with van der Waals surface area (Å²) in [5.41, 5.74) is 4.88. The van der Waals surface area contributed by atoms with E-state index in [0.717, 1.165) is 34.0 Å². The summed E-state index contributed by atoms with van der Waals surface area (Å²) in [4.78, 5) is 12.2. The van der Waals surface area contributed by atoms with Gasteiger partial charge >= 0.3 is 6.03 Å². The van der Waals surface area contributed by atoms with E-state index in [4.69, 9.17) is 9.47 Å². The summed E-state index contributed by atoms with van der Waals surface area (Å²) in [5, 5.41) is 10.4. The quantitative estimate of drug-likeness (QED) is 0.715. The Kier molecular flexibility index (Phi) is 4.89. The number of carbonyl (C=O) groups is 1. The Hall–Kier alpha value is -3.48. The normalized spacial score (nSPS) is 12.1. The molecule has 1 aliphatic heterocycles. The predicted octanol–water partition coefficient (Wildman–Crippen LogP) is 3.22. The highest BCUT2D eigenvalue weighted by Gasteiger charge is 2.15. The fourth-order valence-corrected chi connectivity index (χ4v) is 3.22. The van der Waals surface area contributed by atoms with E-state index in [1.807, 2.05) is 67.1 Å². The average Bonchev–Trinajstić information content (AvgIpc) is 3.29. The topological polar surface area (TPSA) is 77.4 Å². The highest BCUT2D eigenvalue weighted by molar-refractivity contribution is 5.74. The lowest BCUT2D eigenvalue weighted by molar-refractivity contribution is 0.174. The minimum Gasteiger partial charge on any atom is -0.454 e.